The van der Waals surface area contributed by atoms with Gasteiger partial charge in [0, 0.05) is 24.4 Å². The number of hydrogen-bond donors (Lipinski definition) is 0. The van der Waals surface area contributed by atoms with Crippen LogP contribution in [-0.2, 0) is 16.1 Å². The number of ether oxygens (including phenoxy) is 1. The Morgan fingerprint density at radius 3 is 2.52 bits per heavy atom. The van der Waals surface area contributed by atoms with E-state index in [1.807, 2.05) is 12.3 Å². The summed E-state index contributed by atoms with van der Waals surface area (Å²) in [6.07, 6.45) is 4.27. The van der Waals surface area contributed by atoms with Gasteiger partial charge in [0.1, 0.15) is 11.5 Å². The maximum atomic E-state index is 13.3. The maximum absolute atomic E-state index is 13.3. The average molecular weight is 496 g/mol. The Morgan fingerprint density at radius 2 is 1.91 bits per heavy atom. The minimum Gasteiger partial charge on any atom is -0.548 e. The first kappa shape index (κ1) is 24.8. The van der Waals surface area contributed by atoms with Gasteiger partial charge in [-0.1, -0.05) is 11.6 Å². The Balaban J connectivity index is 0.00000259. The zero-order chi connectivity index (χ0) is 22.4. The van der Waals surface area contributed by atoms with Crippen LogP contribution in [0.1, 0.15) is 12.8 Å². The number of carbonyl (C=O) groups is 1. The van der Waals surface area contributed by atoms with Crippen molar-refractivity contribution in [3.63, 3.8) is 0 Å². The first-order chi connectivity index (χ1) is 15.5. The van der Waals surface area contributed by atoms with Crippen LogP contribution in [0.5, 0.6) is 0 Å². The molecule has 0 N–H and O–H groups in total. The standard InChI is InChI=1S/C23H24ClN3O4S.Na/c1-32-22-17(24)6-4-15-20(22)27(10-19(28)29)23-16(21(15)30)5-7-18(25-23)26(8-13-2-3-13)9-14-11-31-12-14;/h4-7,13-14H,2-3,8-12H2,1H3,(H,28,29);/q;+1/p-1. The summed E-state index contributed by atoms with van der Waals surface area (Å²) in [5, 5.41) is 13.0. The van der Waals surface area contributed by atoms with Crippen LogP contribution < -0.4 is 45.0 Å². The fourth-order valence-electron chi connectivity index (χ4n) is 4.30. The number of carboxylic acid groups (broad SMARTS) is 1. The number of carboxylic acids is 1. The van der Waals surface area contributed by atoms with Gasteiger partial charge in [0.2, 0.25) is 0 Å². The number of thioether (sulfide) groups is 1. The number of rotatable bonds is 8. The van der Waals surface area contributed by atoms with Gasteiger partial charge in [-0.2, -0.15) is 0 Å². The second-order valence-corrected chi connectivity index (χ2v) is 9.78. The number of hydrogen-bond acceptors (Lipinski definition) is 7. The van der Waals surface area contributed by atoms with E-state index in [2.05, 4.69) is 4.90 Å². The van der Waals surface area contributed by atoms with E-state index in [9.17, 15) is 14.7 Å². The van der Waals surface area contributed by atoms with Crippen LogP contribution in [0, 0.1) is 11.8 Å². The second-order valence-electron chi connectivity index (χ2n) is 8.56. The van der Waals surface area contributed by atoms with E-state index in [0.717, 1.165) is 32.1 Å². The van der Waals surface area contributed by atoms with E-state index in [4.69, 9.17) is 21.3 Å². The molecule has 33 heavy (non-hydrogen) atoms. The van der Waals surface area contributed by atoms with Gasteiger partial charge in [-0.25, -0.2) is 4.98 Å². The zero-order valence-electron chi connectivity index (χ0n) is 18.7. The van der Waals surface area contributed by atoms with Crippen LogP contribution >= 0.6 is 23.4 Å². The smallest absolute Gasteiger partial charge is 0.548 e. The van der Waals surface area contributed by atoms with E-state index in [1.54, 1.807) is 22.8 Å². The molecule has 7 nitrogen and oxygen atoms in total. The Kier molecular flexibility index (Phi) is 7.63. The summed E-state index contributed by atoms with van der Waals surface area (Å²) in [7, 11) is 0. The largest absolute Gasteiger partial charge is 1.00 e. The number of pyridine rings is 2. The molecule has 2 fully saturated rings. The molecule has 2 aliphatic rings. The van der Waals surface area contributed by atoms with E-state index in [0.29, 0.717) is 43.7 Å². The molecule has 0 spiro atoms. The molecule has 1 aromatic carbocycles. The monoisotopic (exact) mass is 495 g/mol. The van der Waals surface area contributed by atoms with Gasteiger partial charge in [-0.3, -0.25) is 4.79 Å². The van der Waals surface area contributed by atoms with Crippen LogP contribution in [0.4, 0.5) is 5.82 Å². The molecule has 1 aliphatic heterocycles. The van der Waals surface area contributed by atoms with Crippen molar-refractivity contribution < 1.29 is 44.2 Å². The first-order valence-corrected chi connectivity index (χ1v) is 12.3. The van der Waals surface area contributed by atoms with Crippen molar-refractivity contribution in [3.8, 4) is 0 Å². The Morgan fingerprint density at radius 1 is 1.21 bits per heavy atom. The predicted octanol–water partition coefficient (Wildman–Crippen LogP) is -0.458. The van der Waals surface area contributed by atoms with E-state index < -0.39 is 12.5 Å². The first-order valence-electron chi connectivity index (χ1n) is 10.7. The molecule has 5 rings (SSSR count). The molecule has 1 aliphatic carbocycles. The van der Waals surface area contributed by atoms with Gasteiger partial charge < -0.3 is 24.1 Å². The van der Waals surface area contributed by atoms with Crippen molar-refractivity contribution >= 4 is 57.1 Å². The molecule has 1 saturated heterocycles. The van der Waals surface area contributed by atoms with Crippen LogP contribution in [0.3, 0.4) is 0 Å². The summed E-state index contributed by atoms with van der Waals surface area (Å²) in [4.78, 5) is 32.7. The summed E-state index contributed by atoms with van der Waals surface area (Å²) in [5.74, 6) is 0.597. The van der Waals surface area contributed by atoms with Gasteiger partial charge in [0.05, 0.1) is 46.5 Å². The molecular weight excluding hydrogens is 473 g/mol. The summed E-state index contributed by atoms with van der Waals surface area (Å²) in [6, 6.07) is 6.95. The molecule has 168 valence electrons. The van der Waals surface area contributed by atoms with Gasteiger partial charge in [0.15, 0.2) is 5.43 Å². The van der Waals surface area contributed by atoms with Crippen LogP contribution in [-0.4, -0.2) is 48.1 Å². The molecule has 10 heteroatoms. The van der Waals surface area contributed by atoms with Gasteiger partial charge in [0.25, 0.3) is 0 Å². The topological polar surface area (TPSA) is 87.5 Å². The number of fused-ring (bicyclic) bond motifs is 2. The van der Waals surface area contributed by atoms with Gasteiger partial charge >= 0.3 is 29.6 Å². The maximum Gasteiger partial charge on any atom is 1.00 e. The van der Waals surface area contributed by atoms with Crippen molar-refractivity contribution in [2.24, 2.45) is 11.8 Å². The molecule has 3 heterocycles. The number of aliphatic carboxylic acids is 1. The second kappa shape index (κ2) is 10.1. The number of halogens is 1. The molecule has 0 radical (unpaired) electrons. The molecule has 3 aromatic rings. The molecular formula is C23H23ClN3NaO4S. The number of benzene rings is 1. The Hall–Kier alpha value is -1.29. The van der Waals surface area contributed by atoms with Crippen LogP contribution in [0.15, 0.2) is 34.0 Å². The third-order valence-electron chi connectivity index (χ3n) is 6.14. The minimum atomic E-state index is -1.25. The Bertz CT molecular complexity index is 1280. The summed E-state index contributed by atoms with van der Waals surface area (Å²) < 4.78 is 6.91. The van der Waals surface area contributed by atoms with Crippen molar-refractivity contribution in [1.29, 1.82) is 0 Å². The number of aromatic nitrogens is 2. The number of carbonyl (C=O) groups excluding carboxylic acids is 1. The summed E-state index contributed by atoms with van der Waals surface area (Å²) >= 11 is 7.77. The van der Waals surface area contributed by atoms with Crippen molar-refractivity contribution in [3.05, 3.63) is 39.5 Å². The molecule has 0 amide bonds. The number of nitrogens with zero attached hydrogens (tertiary/aromatic N) is 3. The zero-order valence-corrected chi connectivity index (χ0v) is 22.2. The fourth-order valence-corrected chi connectivity index (χ4v) is 5.36. The quantitative estimate of drug-likeness (QED) is 0.237. The van der Waals surface area contributed by atoms with Crippen LogP contribution in [0.25, 0.3) is 21.9 Å². The molecule has 0 atom stereocenters. The molecule has 2 aromatic heterocycles. The van der Waals surface area contributed by atoms with Crippen molar-refractivity contribution in [1.82, 2.24) is 9.55 Å². The van der Waals surface area contributed by atoms with Crippen molar-refractivity contribution in [2.75, 3.05) is 37.5 Å². The minimum absolute atomic E-state index is 0. The third-order valence-corrected chi connectivity index (χ3v) is 7.38. The van der Waals surface area contributed by atoms with Crippen LogP contribution in [0.2, 0.25) is 5.02 Å². The summed E-state index contributed by atoms with van der Waals surface area (Å²) in [5.41, 5.74) is 0.640. The molecule has 0 unspecified atom stereocenters. The van der Waals surface area contributed by atoms with Gasteiger partial charge in [-0.15, -0.1) is 11.8 Å². The fraction of sp³-hybridized carbons (Fsp3) is 0.435. The molecule has 1 saturated carbocycles. The van der Waals surface area contributed by atoms with E-state index in [-0.39, 0.29) is 35.0 Å². The third kappa shape index (κ3) is 4.92. The Labute approximate surface area is 222 Å². The predicted molar refractivity (Wildman–Crippen MR) is 125 cm³/mol. The van der Waals surface area contributed by atoms with E-state index >= 15 is 0 Å². The van der Waals surface area contributed by atoms with E-state index in [1.165, 1.54) is 24.6 Å². The average Bonchev–Trinajstić information content (AvgIpc) is 3.56. The van der Waals surface area contributed by atoms with Gasteiger partial charge in [-0.05, 0) is 49.3 Å². The SMILES string of the molecule is CSc1c(Cl)ccc2c(=O)c3ccc(N(CC4CC4)CC4COC4)nc3n(CC(=O)[O-])c12.[Na+]. The normalized spacial score (nSPS) is 15.9. The van der Waals surface area contributed by atoms with Crippen molar-refractivity contribution in [2.45, 2.75) is 24.3 Å². The number of anilines is 1. The summed E-state index contributed by atoms with van der Waals surface area (Å²) in [6.45, 7) is 2.79. The molecule has 0 bridgehead atoms.